The Balaban J connectivity index is 2.30. The van der Waals surface area contributed by atoms with Gasteiger partial charge >= 0.3 is 0 Å². The first-order chi connectivity index (χ1) is 9.03. The molecule has 5 nitrogen and oxygen atoms in total. The number of carbonyl (C=O) groups is 1. The summed E-state index contributed by atoms with van der Waals surface area (Å²) in [5.41, 5.74) is 0.321. The highest BCUT2D eigenvalue weighted by Gasteiger charge is 2.57. The van der Waals surface area contributed by atoms with E-state index in [1.165, 1.54) is 7.11 Å². The van der Waals surface area contributed by atoms with E-state index in [1.807, 2.05) is 0 Å². The van der Waals surface area contributed by atoms with Crippen LogP contribution >= 0.6 is 0 Å². The number of fused-ring (bicyclic) bond motifs is 1. The predicted molar refractivity (Wildman–Crippen MR) is 70.0 cm³/mol. The molecule has 1 heterocycles. The molecule has 1 fully saturated rings. The average molecular weight is 281 g/mol. The van der Waals surface area contributed by atoms with Crippen LogP contribution in [0.15, 0.2) is 23.1 Å². The van der Waals surface area contributed by atoms with Crippen LogP contribution in [-0.4, -0.2) is 26.2 Å². The molecule has 6 heteroatoms. The maximum atomic E-state index is 12.9. The molecule has 1 aliphatic heterocycles. The summed E-state index contributed by atoms with van der Waals surface area (Å²) in [6, 6.07) is 4.87. The molecule has 2 aliphatic rings. The van der Waals surface area contributed by atoms with Crippen LogP contribution < -0.4 is 10.1 Å². The Hall–Kier alpha value is -1.56. The van der Waals surface area contributed by atoms with E-state index in [1.54, 1.807) is 18.2 Å². The van der Waals surface area contributed by atoms with Crippen LogP contribution in [0.25, 0.3) is 0 Å². The van der Waals surface area contributed by atoms with Crippen molar-refractivity contribution in [1.82, 2.24) is 0 Å². The molecular weight excluding hydrogens is 266 g/mol. The number of nitrogens with one attached hydrogen (secondary N) is 1. The number of sulfone groups is 1. The van der Waals surface area contributed by atoms with Crippen molar-refractivity contribution in [3.8, 4) is 5.75 Å². The molecule has 1 aromatic carbocycles. The summed E-state index contributed by atoms with van der Waals surface area (Å²) >= 11 is 0. The molecule has 0 saturated heterocycles. The topological polar surface area (TPSA) is 72.5 Å². The Morgan fingerprint density at radius 1 is 1.26 bits per heavy atom. The summed E-state index contributed by atoms with van der Waals surface area (Å²) in [6.45, 7) is 0. The Bertz CT molecular complexity index is 645. The largest absolute Gasteiger partial charge is 0.495 e. The number of ether oxygens (including phenoxy) is 1. The lowest BCUT2D eigenvalue weighted by Gasteiger charge is -2.33. The number of hydrogen-bond donors (Lipinski definition) is 1. The fraction of sp³-hybridized carbons (Fsp3) is 0.462. The van der Waals surface area contributed by atoms with Crippen molar-refractivity contribution in [2.45, 2.75) is 35.3 Å². The molecule has 1 saturated carbocycles. The van der Waals surface area contributed by atoms with Gasteiger partial charge in [0.15, 0.2) is 14.6 Å². The minimum Gasteiger partial charge on any atom is -0.495 e. The fourth-order valence-electron chi connectivity index (χ4n) is 3.05. The van der Waals surface area contributed by atoms with Crippen molar-refractivity contribution in [3.05, 3.63) is 18.2 Å². The molecule has 1 amide bonds. The van der Waals surface area contributed by atoms with Crippen molar-refractivity contribution in [2.24, 2.45) is 0 Å². The molecule has 0 unspecified atom stereocenters. The van der Waals surface area contributed by atoms with E-state index in [-0.39, 0.29) is 4.90 Å². The lowest BCUT2D eigenvalue weighted by Crippen LogP contribution is -2.50. The van der Waals surface area contributed by atoms with Crippen LogP contribution in [0.1, 0.15) is 25.7 Å². The quantitative estimate of drug-likeness (QED) is 0.851. The summed E-state index contributed by atoms with van der Waals surface area (Å²) in [5.74, 6) is -0.102. The third kappa shape index (κ3) is 1.46. The fourth-order valence-corrected chi connectivity index (χ4v) is 5.38. The van der Waals surface area contributed by atoms with E-state index in [0.717, 1.165) is 12.8 Å². The molecule has 0 aromatic heterocycles. The number of carbonyl (C=O) groups excluding carboxylic acids is 1. The van der Waals surface area contributed by atoms with Crippen molar-refractivity contribution in [2.75, 3.05) is 12.4 Å². The first kappa shape index (κ1) is 12.5. The van der Waals surface area contributed by atoms with Gasteiger partial charge in [-0.15, -0.1) is 0 Å². The van der Waals surface area contributed by atoms with Crippen LogP contribution in [-0.2, 0) is 14.6 Å². The molecule has 3 rings (SSSR count). The second kappa shape index (κ2) is 3.96. The molecule has 0 bridgehead atoms. The van der Waals surface area contributed by atoms with Gasteiger partial charge in [-0.05, 0) is 25.0 Å². The monoisotopic (exact) mass is 281 g/mol. The van der Waals surface area contributed by atoms with Crippen LogP contribution in [0.5, 0.6) is 5.75 Å². The minimum atomic E-state index is -3.71. The molecular formula is C13H15NO4S. The molecule has 102 valence electrons. The van der Waals surface area contributed by atoms with E-state index in [4.69, 9.17) is 4.74 Å². The highest BCUT2D eigenvalue weighted by Crippen LogP contribution is 2.48. The Kier molecular flexibility index (Phi) is 2.60. The van der Waals surface area contributed by atoms with Gasteiger partial charge in [0.25, 0.3) is 0 Å². The van der Waals surface area contributed by atoms with E-state index in [9.17, 15) is 13.2 Å². The van der Waals surface area contributed by atoms with Gasteiger partial charge in [0, 0.05) is 0 Å². The van der Waals surface area contributed by atoms with Gasteiger partial charge in [0.05, 0.1) is 12.8 Å². The zero-order valence-corrected chi connectivity index (χ0v) is 11.4. The Morgan fingerprint density at radius 3 is 2.58 bits per heavy atom. The lowest BCUT2D eigenvalue weighted by atomic mass is 10.1. The van der Waals surface area contributed by atoms with Gasteiger partial charge in [-0.1, -0.05) is 18.9 Å². The summed E-state index contributed by atoms with van der Waals surface area (Å²) in [4.78, 5) is 12.4. The van der Waals surface area contributed by atoms with Crippen molar-refractivity contribution in [3.63, 3.8) is 0 Å². The maximum absolute atomic E-state index is 12.9. The summed E-state index contributed by atoms with van der Waals surface area (Å²) < 4.78 is 29.6. The zero-order valence-electron chi connectivity index (χ0n) is 10.6. The first-order valence-corrected chi connectivity index (χ1v) is 7.74. The number of hydrogen-bond acceptors (Lipinski definition) is 4. The smallest absolute Gasteiger partial charge is 0.246 e. The van der Waals surface area contributed by atoms with Gasteiger partial charge in [0.2, 0.25) is 5.91 Å². The van der Waals surface area contributed by atoms with Crippen LogP contribution in [0, 0.1) is 0 Å². The average Bonchev–Trinajstić information content (AvgIpc) is 2.87. The predicted octanol–water partition coefficient (Wildman–Crippen LogP) is 1.73. The summed E-state index contributed by atoms with van der Waals surface area (Å²) in [7, 11) is -2.28. The van der Waals surface area contributed by atoms with E-state index < -0.39 is 20.5 Å². The number of benzene rings is 1. The van der Waals surface area contributed by atoms with Gasteiger partial charge < -0.3 is 10.1 Å². The molecule has 1 N–H and O–H groups in total. The first-order valence-electron chi connectivity index (χ1n) is 6.26. The van der Waals surface area contributed by atoms with Crippen molar-refractivity contribution < 1.29 is 17.9 Å². The van der Waals surface area contributed by atoms with Crippen LogP contribution in [0.4, 0.5) is 5.69 Å². The van der Waals surface area contributed by atoms with E-state index >= 15 is 0 Å². The van der Waals surface area contributed by atoms with Crippen molar-refractivity contribution >= 4 is 21.4 Å². The van der Waals surface area contributed by atoms with E-state index in [2.05, 4.69) is 5.32 Å². The summed E-state index contributed by atoms with van der Waals surface area (Å²) in [6.07, 6.45) is 2.30. The maximum Gasteiger partial charge on any atom is 0.246 e. The molecule has 19 heavy (non-hydrogen) atoms. The van der Waals surface area contributed by atoms with Gasteiger partial charge in [-0.2, -0.15) is 0 Å². The third-order valence-corrected chi connectivity index (χ3v) is 6.64. The zero-order chi connectivity index (χ0) is 13.7. The second-order valence-corrected chi connectivity index (χ2v) is 7.19. The molecule has 1 aromatic rings. The Labute approximate surface area is 111 Å². The molecule has 1 spiro atoms. The van der Waals surface area contributed by atoms with Gasteiger partial charge in [0.1, 0.15) is 10.6 Å². The summed E-state index contributed by atoms with van der Waals surface area (Å²) in [5, 5.41) is 2.72. The molecule has 1 aliphatic carbocycles. The lowest BCUT2D eigenvalue weighted by molar-refractivity contribution is -0.118. The number of rotatable bonds is 1. The van der Waals surface area contributed by atoms with Crippen molar-refractivity contribution in [1.29, 1.82) is 0 Å². The van der Waals surface area contributed by atoms with Crippen LogP contribution in [0.2, 0.25) is 0 Å². The van der Waals surface area contributed by atoms with Gasteiger partial charge in [-0.25, -0.2) is 8.42 Å². The van der Waals surface area contributed by atoms with E-state index in [0.29, 0.717) is 24.3 Å². The number of anilines is 1. The number of methoxy groups -OCH3 is 1. The highest BCUT2D eigenvalue weighted by atomic mass is 32.2. The Morgan fingerprint density at radius 2 is 1.95 bits per heavy atom. The van der Waals surface area contributed by atoms with Crippen LogP contribution in [0.3, 0.4) is 0 Å². The second-order valence-electron chi connectivity index (χ2n) is 5.00. The SMILES string of the molecule is COc1cccc2c1S(=O)(=O)C1(CCCC1)C(=O)N2. The molecule has 0 atom stereocenters. The normalized spacial score (nSPS) is 22.9. The van der Waals surface area contributed by atoms with Gasteiger partial charge in [-0.3, -0.25) is 4.79 Å². The molecule has 0 radical (unpaired) electrons. The number of amides is 1. The minimum absolute atomic E-state index is 0.124. The standard InChI is InChI=1S/C13H15NO4S/c1-18-10-6-4-5-9-11(10)19(16,17)13(12(15)14-9)7-2-3-8-13/h4-6H,2-3,7-8H2,1H3,(H,14,15). The third-order valence-electron chi connectivity index (χ3n) is 4.06. The highest BCUT2D eigenvalue weighted by molar-refractivity contribution is 7.94.